The normalized spacial score (nSPS) is 27.8. The molecule has 2 heterocycles. The van der Waals surface area contributed by atoms with Gasteiger partial charge in [0, 0.05) is 36.7 Å². The van der Waals surface area contributed by atoms with Crippen LogP contribution in [0.15, 0.2) is 17.4 Å². The van der Waals surface area contributed by atoms with Crippen LogP contribution in [0, 0.1) is 18.3 Å². The number of nitrogens with zero attached hydrogens (tertiary/aromatic N) is 3. The SMILES string of the molecule is CCNC(=NCCn1cc(C)cn1)NC1C2CCOC2C1(C)C.I. The molecule has 2 fully saturated rings. The Balaban J connectivity index is 0.00000208. The zero-order valence-corrected chi connectivity index (χ0v) is 17.4. The Labute approximate surface area is 161 Å². The number of aliphatic imine (C=N–C) groups is 1. The molecule has 136 valence electrons. The third kappa shape index (κ3) is 3.87. The fraction of sp³-hybridized carbons (Fsp3) is 0.765. The molecule has 1 aliphatic carbocycles. The van der Waals surface area contributed by atoms with Crippen molar-refractivity contribution in [3.8, 4) is 0 Å². The van der Waals surface area contributed by atoms with Crippen molar-refractivity contribution < 1.29 is 4.74 Å². The molecule has 0 bridgehead atoms. The summed E-state index contributed by atoms with van der Waals surface area (Å²) < 4.78 is 7.81. The zero-order valence-electron chi connectivity index (χ0n) is 15.1. The van der Waals surface area contributed by atoms with Crippen molar-refractivity contribution in [3.63, 3.8) is 0 Å². The first-order chi connectivity index (χ1) is 11.0. The smallest absolute Gasteiger partial charge is 0.191 e. The van der Waals surface area contributed by atoms with Gasteiger partial charge < -0.3 is 15.4 Å². The van der Waals surface area contributed by atoms with Crippen LogP contribution in [-0.4, -0.2) is 47.6 Å². The fourth-order valence-electron chi connectivity index (χ4n) is 3.94. The summed E-state index contributed by atoms with van der Waals surface area (Å²) in [6.45, 7) is 12.0. The second kappa shape index (κ2) is 8.03. The molecule has 6 nitrogen and oxygen atoms in total. The summed E-state index contributed by atoms with van der Waals surface area (Å²) in [7, 11) is 0. The molecule has 0 radical (unpaired) electrons. The monoisotopic (exact) mass is 447 g/mol. The zero-order chi connectivity index (χ0) is 16.4. The minimum absolute atomic E-state index is 0. The summed E-state index contributed by atoms with van der Waals surface area (Å²) in [6, 6.07) is 0.430. The quantitative estimate of drug-likeness (QED) is 0.413. The maximum absolute atomic E-state index is 5.87. The van der Waals surface area contributed by atoms with Gasteiger partial charge in [-0.15, -0.1) is 24.0 Å². The molecule has 1 aromatic rings. The maximum atomic E-state index is 5.87. The van der Waals surface area contributed by atoms with Crippen LogP contribution >= 0.6 is 24.0 Å². The van der Waals surface area contributed by atoms with E-state index < -0.39 is 0 Å². The summed E-state index contributed by atoms with van der Waals surface area (Å²) in [5, 5.41) is 11.3. The highest BCUT2D eigenvalue weighted by atomic mass is 127. The van der Waals surface area contributed by atoms with Gasteiger partial charge in [0.05, 0.1) is 25.4 Å². The number of halogens is 1. The number of guanidine groups is 1. The average Bonchev–Trinajstić information content (AvgIpc) is 3.12. The Bertz CT molecular complexity index is 571. The van der Waals surface area contributed by atoms with E-state index in [1.165, 1.54) is 5.56 Å². The van der Waals surface area contributed by atoms with E-state index >= 15 is 0 Å². The molecule has 1 aliphatic heterocycles. The lowest BCUT2D eigenvalue weighted by Gasteiger charge is -2.54. The van der Waals surface area contributed by atoms with Crippen LogP contribution < -0.4 is 10.6 Å². The average molecular weight is 447 g/mol. The molecule has 2 aliphatic rings. The Morgan fingerprint density at radius 3 is 2.96 bits per heavy atom. The van der Waals surface area contributed by atoms with Crippen molar-refractivity contribution >= 4 is 29.9 Å². The van der Waals surface area contributed by atoms with E-state index in [2.05, 4.69) is 43.4 Å². The van der Waals surface area contributed by atoms with E-state index in [1.54, 1.807) is 0 Å². The van der Waals surface area contributed by atoms with Gasteiger partial charge in [-0.1, -0.05) is 13.8 Å². The molecule has 1 saturated carbocycles. The van der Waals surface area contributed by atoms with E-state index in [1.807, 2.05) is 17.1 Å². The molecule has 3 rings (SSSR count). The van der Waals surface area contributed by atoms with Crippen molar-refractivity contribution in [2.45, 2.75) is 52.8 Å². The molecule has 7 heteroatoms. The highest BCUT2D eigenvalue weighted by Gasteiger charge is 2.59. The van der Waals surface area contributed by atoms with Gasteiger partial charge in [0.1, 0.15) is 0 Å². The van der Waals surface area contributed by atoms with Crippen LogP contribution in [0.5, 0.6) is 0 Å². The molecule has 0 aromatic carbocycles. The molecule has 24 heavy (non-hydrogen) atoms. The van der Waals surface area contributed by atoms with Crippen molar-refractivity contribution in [1.29, 1.82) is 0 Å². The number of ether oxygens (including phenoxy) is 1. The van der Waals surface area contributed by atoms with Gasteiger partial charge in [-0.25, -0.2) is 0 Å². The first-order valence-corrected chi connectivity index (χ1v) is 8.68. The largest absolute Gasteiger partial charge is 0.377 e. The van der Waals surface area contributed by atoms with E-state index in [4.69, 9.17) is 9.73 Å². The Morgan fingerprint density at radius 2 is 2.29 bits per heavy atom. The second-order valence-corrected chi connectivity index (χ2v) is 7.23. The molecular weight excluding hydrogens is 417 g/mol. The molecule has 1 aromatic heterocycles. The van der Waals surface area contributed by atoms with Gasteiger partial charge in [-0.05, 0) is 25.8 Å². The van der Waals surface area contributed by atoms with Crippen LogP contribution in [0.1, 0.15) is 32.8 Å². The first kappa shape index (κ1) is 19.5. The number of aryl methyl sites for hydroxylation is 1. The number of nitrogens with one attached hydrogen (secondary N) is 2. The molecule has 1 saturated heterocycles. The predicted octanol–water partition coefficient (Wildman–Crippen LogP) is 2.18. The van der Waals surface area contributed by atoms with Crippen LogP contribution in [0.3, 0.4) is 0 Å². The van der Waals surface area contributed by atoms with Crippen LogP contribution in [0.25, 0.3) is 0 Å². The van der Waals surface area contributed by atoms with E-state index in [0.29, 0.717) is 24.6 Å². The van der Waals surface area contributed by atoms with E-state index in [0.717, 1.165) is 32.1 Å². The summed E-state index contributed by atoms with van der Waals surface area (Å²) in [4.78, 5) is 4.71. The van der Waals surface area contributed by atoms with Crippen molar-refractivity contribution in [1.82, 2.24) is 20.4 Å². The molecule has 3 atom stereocenters. The number of hydrogen-bond acceptors (Lipinski definition) is 3. The number of rotatable bonds is 5. The van der Waals surface area contributed by atoms with Gasteiger partial charge >= 0.3 is 0 Å². The van der Waals surface area contributed by atoms with Gasteiger partial charge in [0.25, 0.3) is 0 Å². The Morgan fingerprint density at radius 1 is 1.50 bits per heavy atom. The highest BCUT2D eigenvalue weighted by molar-refractivity contribution is 14.0. The third-order valence-electron chi connectivity index (χ3n) is 5.10. The number of aromatic nitrogens is 2. The Kier molecular flexibility index (Phi) is 6.52. The third-order valence-corrected chi connectivity index (χ3v) is 5.10. The Hall–Kier alpha value is -0.830. The first-order valence-electron chi connectivity index (χ1n) is 8.68. The highest BCUT2D eigenvalue weighted by Crippen LogP contribution is 2.52. The van der Waals surface area contributed by atoms with Crippen LogP contribution in [-0.2, 0) is 11.3 Å². The molecule has 0 amide bonds. The lowest BCUT2D eigenvalue weighted by molar-refractivity contribution is -0.106. The lowest BCUT2D eigenvalue weighted by Crippen LogP contribution is -2.68. The summed E-state index contributed by atoms with van der Waals surface area (Å²) in [5.41, 5.74) is 1.35. The second-order valence-electron chi connectivity index (χ2n) is 7.23. The van der Waals surface area contributed by atoms with E-state index in [9.17, 15) is 0 Å². The lowest BCUT2D eigenvalue weighted by atomic mass is 9.57. The van der Waals surface area contributed by atoms with Crippen molar-refractivity contribution in [3.05, 3.63) is 18.0 Å². The van der Waals surface area contributed by atoms with E-state index in [-0.39, 0.29) is 29.4 Å². The maximum Gasteiger partial charge on any atom is 0.191 e. The fourth-order valence-corrected chi connectivity index (χ4v) is 3.94. The minimum atomic E-state index is 0. The summed E-state index contributed by atoms with van der Waals surface area (Å²) in [5.74, 6) is 1.52. The van der Waals surface area contributed by atoms with Gasteiger partial charge in [-0.2, -0.15) is 5.10 Å². The van der Waals surface area contributed by atoms with Crippen molar-refractivity contribution in [2.75, 3.05) is 19.7 Å². The number of fused-ring (bicyclic) bond motifs is 1. The predicted molar refractivity (Wildman–Crippen MR) is 107 cm³/mol. The summed E-state index contributed by atoms with van der Waals surface area (Å²) >= 11 is 0. The van der Waals surface area contributed by atoms with Crippen LogP contribution in [0.2, 0.25) is 0 Å². The minimum Gasteiger partial charge on any atom is -0.377 e. The topological polar surface area (TPSA) is 63.5 Å². The number of hydrogen-bond donors (Lipinski definition) is 2. The molecular formula is C17H30IN5O. The van der Waals surface area contributed by atoms with Gasteiger partial charge in [0.15, 0.2) is 5.96 Å². The van der Waals surface area contributed by atoms with Crippen LogP contribution in [0.4, 0.5) is 0 Å². The van der Waals surface area contributed by atoms with Gasteiger partial charge in [0.2, 0.25) is 0 Å². The molecule has 2 N–H and O–H groups in total. The standard InChI is InChI=1S/C17H29N5O.HI/c1-5-18-16(19-7-8-22-11-12(2)10-20-22)21-14-13-6-9-23-15(13)17(14,3)4;/h10-11,13-15H,5-9H2,1-4H3,(H2,18,19,21);1H. The molecule has 3 unspecified atom stereocenters. The summed E-state index contributed by atoms with van der Waals surface area (Å²) in [6.07, 6.45) is 5.47. The van der Waals surface area contributed by atoms with Gasteiger partial charge in [-0.3, -0.25) is 9.67 Å². The van der Waals surface area contributed by atoms with Crippen molar-refractivity contribution in [2.24, 2.45) is 16.3 Å². The molecule has 0 spiro atoms.